The van der Waals surface area contributed by atoms with Gasteiger partial charge in [-0.15, -0.1) is 0 Å². The summed E-state index contributed by atoms with van der Waals surface area (Å²) in [6.07, 6.45) is 23.4. The molecular weight excluding hydrogens is 422 g/mol. The van der Waals surface area contributed by atoms with Crippen LogP contribution in [0, 0.1) is 5.41 Å². The normalized spacial score (nSPS) is 22.3. The van der Waals surface area contributed by atoms with Crippen molar-refractivity contribution < 1.29 is 0 Å². The molecule has 4 heterocycles. The lowest BCUT2D eigenvalue weighted by Crippen LogP contribution is -2.46. The average molecular weight is 468 g/mol. The van der Waals surface area contributed by atoms with Gasteiger partial charge in [-0.3, -0.25) is 0 Å². The lowest BCUT2D eigenvalue weighted by molar-refractivity contribution is 0.0619. The maximum absolute atomic E-state index is 4.42. The molecule has 3 N–H and O–H groups in total. The van der Waals surface area contributed by atoms with Gasteiger partial charge in [0.1, 0.15) is 11.6 Å². The van der Waals surface area contributed by atoms with E-state index in [1.54, 1.807) is 0 Å². The first kappa shape index (κ1) is 24.0. The van der Waals surface area contributed by atoms with Gasteiger partial charge in [0.25, 0.3) is 0 Å². The lowest BCUT2D eigenvalue weighted by atomic mass is 9.77. The van der Waals surface area contributed by atoms with Crippen LogP contribution in [0.1, 0.15) is 75.9 Å². The van der Waals surface area contributed by atoms with Crippen molar-refractivity contribution in [3.05, 3.63) is 36.4 Å². The second-order valence-electron chi connectivity index (χ2n) is 11.2. The van der Waals surface area contributed by atoms with Gasteiger partial charge in [0.05, 0.1) is 0 Å². The van der Waals surface area contributed by atoms with Gasteiger partial charge < -0.3 is 25.1 Å². The highest BCUT2D eigenvalue weighted by atomic mass is 15.2. The lowest BCUT2D eigenvalue weighted by Gasteiger charge is -2.44. The summed E-state index contributed by atoms with van der Waals surface area (Å²) >= 11 is 0. The number of unbranched alkanes of at least 4 members (excludes halogenated alkanes) is 1. The molecule has 1 aliphatic carbocycles. The molecule has 0 atom stereocenters. The monoisotopic (exact) mass is 467 g/mol. The molecule has 0 radical (unpaired) electrons. The molecule has 1 saturated carbocycles. The minimum Gasteiger partial charge on any atom is -0.349 e. The molecule has 0 amide bonds. The zero-order chi connectivity index (χ0) is 23.1. The number of hydrogen-bond donors (Lipinski definition) is 3. The van der Waals surface area contributed by atoms with Gasteiger partial charge in [-0.1, -0.05) is 19.3 Å². The smallest absolute Gasteiger partial charge is 0.107 e. The second kappa shape index (κ2) is 11.8. The largest absolute Gasteiger partial charge is 0.349 e. The average Bonchev–Trinajstić information content (AvgIpc) is 3.64. The van der Waals surface area contributed by atoms with E-state index in [1.807, 2.05) is 24.8 Å². The summed E-state index contributed by atoms with van der Waals surface area (Å²) in [5, 5.41) is 3.77. The Morgan fingerprint density at radius 1 is 0.912 bits per heavy atom. The SMILES string of the molecule is c1c[nH]c(CC(Cc2ncc[nH]2)NCCCCN2CCC3(CCN(C4CCCCC4)CC3)C2)n1. The van der Waals surface area contributed by atoms with Crippen LogP contribution in [0.4, 0.5) is 0 Å². The van der Waals surface area contributed by atoms with Crippen LogP contribution in [-0.2, 0) is 12.8 Å². The molecule has 3 aliphatic rings. The van der Waals surface area contributed by atoms with Crippen molar-refractivity contribution in [1.82, 2.24) is 35.1 Å². The fourth-order valence-corrected chi connectivity index (χ4v) is 6.71. The number of rotatable bonds is 11. The van der Waals surface area contributed by atoms with Crippen LogP contribution in [-0.4, -0.2) is 81.1 Å². The van der Waals surface area contributed by atoms with Crippen LogP contribution >= 0.6 is 0 Å². The van der Waals surface area contributed by atoms with Crippen LogP contribution < -0.4 is 5.32 Å². The molecule has 0 bridgehead atoms. The van der Waals surface area contributed by atoms with Gasteiger partial charge >= 0.3 is 0 Å². The number of likely N-dealkylation sites (tertiary alicyclic amines) is 2. The number of imidazole rings is 2. The summed E-state index contributed by atoms with van der Waals surface area (Å²) in [5.41, 5.74) is 0.626. The fraction of sp³-hybridized carbons (Fsp3) is 0.778. The van der Waals surface area contributed by atoms with Crippen LogP contribution in [0.2, 0.25) is 0 Å². The predicted molar refractivity (Wildman–Crippen MR) is 137 cm³/mol. The first-order chi connectivity index (χ1) is 16.8. The summed E-state index contributed by atoms with van der Waals surface area (Å²) < 4.78 is 0. The van der Waals surface area contributed by atoms with Crippen LogP contribution in [0.3, 0.4) is 0 Å². The van der Waals surface area contributed by atoms with Crippen molar-refractivity contribution in [2.45, 2.75) is 89.1 Å². The molecule has 2 aromatic rings. The maximum Gasteiger partial charge on any atom is 0.107 e. The Hall–Kier alpha value is -1.70. The quantitative estimate of drug-likeness (QED) is 0.439. The van der Waals surface area contributed by atoms with E-state index in [2.05, 4.69) is 35.1 Å². The van der Waals surface area contributed by atoms with E-state index in [4.69, 9.17) is 0 Å². The van der Waals surface area contributed by atoms with Gasteiger partial charge in [-0.25, -0.2) is 9.97 Å². The summed E-state index contributed by atoms with van der Waals surface area (Å²) in [5.74, 6) is 2.09. The van der Waals surface area contributed by atoms with E-state index >= 15 is 0 Å². The van der Waals surface area contributed by atoms with Crippen molar-refractivity contribution >= 4 is 0 Å². The van der Waals surface area contributed by atoms with Crippen LogP contribution in [0.25, 0.3) is 0 Å². The number of aromatic amines is 2. The minimum absolute atomic E-state index is 0.349. The molecule has 2 aliphatic heterocycles. The first-order valence-electron chi connectivity index (χ1n) is 13.9. The van der Waals surface area contributed by atoms with Crippen molar-refractivity contribution in [3.8, 4) is 0 Å². The number of nitrogens with zero attached hydrogens (tertiary/aromatic N) is 4. The minimum atomic E-state index is 0.349. The van der Waals surface area contributed by atoms with Crippen molar-refractivity contribution in [2.24, 2.45) is 5.41 Å². The van der Waals surface area contributed by atoms with E-state index < -0.39 is 0 Å². The van der Waals surface area contributed by atoms with Crippen LogP contribution in [0.15, 0.2) is 24.8 Å². The Labute approximate surface area is 205 Å². The van der Waals surface area contributed by atoms with E-state index in [0.717, 1.165) is 37.1 Å². The van der Waals surface area contributed by atoms with Crippen LogP contribution in [0.5, 0.6) is 0 Å². The predicted octanol–water partition coefficient (Wildman–Crippen LogP) is 3.78. The molecule has 2 saturated heterocycles. The van der Waals surface area contributed by atoms with Gasteiger partial charge in [0.15, 0.2) is 0 Å². The van der Waals surface area contributed by atoms with Gasteiger partial charge in [-0.2, -0.15) is 0 Å². The van der Waals surface area contributed by atoms with Gasteiger partial charge in [0.2, 0.25) is 0 Å². The Morgan fingerprint density at radius 3 is 2.24 bits per heavy atom. The standard InChI is InChI=1S/C27H45N7/c1-2-6-24(7-3-1)34-18-9-27(10-19-34)8-17-33(22-27)16-5-4-11-28-23(20-25-29-12-13-30-25)21-26-31-14-15-32-26/h12-15,23-24,28H,1-11,16-22H2,(H,29,30)(H,31,32). The molecule has 5 rings (SSSR count). The number of nitrogens with one attached hydrogen (secondary N) is 3. The molecule has 7 nitrogen and oxygen atoms in total. The third-order valence-corrected chi connectivity index (χ3v) is 8.79. The Bertz CT molecular complexity index is 768. The third-order valence-electron chi connectivity index (χ3n) is 8.79. The zero-order valence-electron chi connectivity index (χ0n) is 21.0. The highest BCUT2D eigenvalue weighted by Gasteiger charge is 2.41. The van der Waals surface area contributed by atoms with Crippen molar-refractivity contribution in [1.29, 1.82) is 0 Å². The van der Waals surface area contributed by atoms with Crippen molar-refractivity contribution in [3.63, 3.8) is 0 Å². The van der Waals surface area contributed by atoms with E-state index in [1.165, 1.54) is 96.9 Å². The number of aromatic nitrogens is 4. The topological polar surface area (TPSA) is 75.9 Å². The summed E-state index contributed by atoms with van der Waals surface area (Å²) in [6, 6.07) is 1.25. The highest BCUT2D eigenvalue weighted by Crippen LogP contribution is 2.41. The number of hydrogen-bond acceptors (Lipinski definition) is 5. The molecule has 7 heteroatoms. The molecule has 3 fully saturated rings. The molecule has 0 aromatic carbocycles. The molecular formula is C27H45N7. The molecule has 0 unspecified atom stereocenters. The van der Waals surface area contributed by atoms with Gasteiger partial charge in [-0.05, 0) is 83.1 Å². The maximum atomic E-state index is 4.42. The zero-order valence-corrected chi connectivity index (χ0v) is 21.0. The molecule has 188 valence electrons. The molecule has 34 heavy (non-hydrogen) atoms. The molecule has 1 spiro atoms. The van der Waals surface area contributed by atoms with Gasteiger partial charge in [0, 0.05) is 56.3 Å². The second-order valence-corrected chi connectivity index (χ2v) is 11.2. The van der Waals surface area contributed by atoms with E-state index in [-0.39, 0.29) is 0 Å². The summed E-state index contributed by atoms with van der Waals surface area (Å²) in [4.78, 5) is 20.9. The Balaban J connectivity index is 0.992. The number of H-pyrrole nitrogens is 2. The summed E-state index contributed by atoms with van der Waals surface area (Å²) in [7, 11) is 0. The fourth-order valence-electron chi connectivity index (χ4n) is 6.71. The summed E-state index contributed by atoms with van der Waals surface area (Å²) in [6.45, 7) is 7.69. The van der Waals surface area contributed by atoms with E-state index in [0.29, 0.717) is 11.5 Å². The van der Waals surface area contributed by atoms with E-state index in [9.17, 15) is 0 Å². The van der Waals surface area contributed by atoms with Crippen molar-refractivity contribution in [2.75, 3.05) is 39.3 Å². The Morgan fingerprint density at radius 2 is 1.59 bits per heavy atom. The Kier molecular flexibility index (Phi) is 8.35. The number of piperidine rings is 1. The third kappa shape index (κ3) is 6.49. The highest BCUT2D eigenvalue weighted by molar-refractivity contribution is 4.98. The first-order valence-corrected chi connectivity index (χ1v) is 13.9. The molecule has 2 aromatic heterocycles.